The van der Waals surface area contributed by atoms with E-state index in [-0.39, 0.29) is 30.7 Å². The first-order chi connectivity index (χ1) is 15.4. The Morgan fingerprint density at radius 3 is 2.09 bits per heavy atom. The maximum atomic E-state index is 12.4. The summed E-state index contributed by atoms with van der Waals surface area (Å²) in [5, 5.41) is 8.30. The summed E-state index contributed by atoms with van der Waals surface area (Å²) >= 11 is 0. The van der Waals surface area contributed by atoms with Crippen LogP contribution in [-0.2, 0) is 4.79 Å². The second-order valence-electron chi connectivity index (χ2n) is 7.18. The number of nitrogens with one attached hydrogen (secondary N) is 3. The SMILES string of the molecule is COc1ccc(NC(=O)c2ccc(NC(=O)CCNC(=O)c3cccc(C)c3)cc2)cc1. The summed E-state index contributed by atoms with van der Waals surface area (Å²) < 4.78 is 5.10. The van der Waals surface area contributed by atoms with E-state index in [9.17, 15) is 14.4 Å². The molecule has 0 unspecified atom stereocenters. The van der Waals surface area contributed by atoms with Gasteiger partial charge in [0.15, 0.2) is 0 Å². The van der Waals surface area contributed by atoms with Gasteiger partial charge in [-0.2, -0.15) is 0 Å². The van der Waals surface area contributed by atoms with Crippen molar-refractivity contribution >= 4 is 29.1 Å². The molecule has 3 aromatic carbocycles. The molecule has 7 nitrogen and oxygen atoms in total. The number of aryl methyl sites for hydroxylation is 1. The highest BCUT2D eigenvalue weighted by Gasteiger charge is 2.09. The zero-order chi connectivity index (χ0) is 22.9. The van der Waals surface area contributed by atoms with E-state index in [1.54, 1.807) is 67.8 Å². The maximum Gasteiger partial charge on any atom is 0.255 e. The molecule has 164 valence electrons. The first-order valence-corrected chi connectivity index (χ1v) is 10.1. The summed E-state index contributed by atoms with van der Waals surface area (Å²) in [6, 6.07) is 20.9. The Bertz CT molecular complexity index is 1090. The second-order valence-corrected chi connectivity index (χ2v) is 7.18. The van der Waals surface area contributed by atoms with Crippen LogP contribution in [0.2, 0.25) is 0 Å². The van der Waals surface area contributed by atoms with E-state index in [0.29, 0.717) is 28.3 Å². The van der Waals surface area contributed by atoms with Gasteiger partial charge < -0.3 is 20.7 Å². The fraction of sp³-hybridized carbons (Fsp3) is 0.160. The van der Waals surface area contributed by atoms with Crippen molar-refractivity contribution in [1.29, 1.82) is 0 Å². The average molecular weight is 431 g/mol. The van der Waals surface area contributed by atoms with E-state index in [2.05, 4.69) is 16.0 Å². The van der Waals surface area contributed by atoms with Crippen molar-refractivity contribution in [1.82, 2.24) is 5.32 Å². The summed E-state index contributed by atoms with van der Waals surface area (Å²) in [5.74, 6) is 0.00317. The average Bonchev–Trinajstić information content (AvgIpc) is 2.80. The van der Waals surface area contributed by atoms with Crippen LogP contribution in [-0.4, -0.2) is 31.4 Å². The highest BCUT2D eigenvalue weighted by molar-refractivity contribution is 6.04. The Hall–Kier alpha value is -4.13. The fourth-order valence-corrected chi connectivity index (χ4v) is 2.98. The number of hydrogen-bond donors (Lipinski definition) is 3. The molecule has 0 aliphatic heterocycles. The number of ether oxygens (including phenoxy) is 1. The number of amides is 3. The van der Waals surface area contributed by atoms with E-state index in [1.807, 2.05) is 19.1 Å². The van der Waals surface area contributed by atoms with Gasteiger partial charge in [-0.25, -0.2) is 0 Å². The third kappa shape index (κ3) is 6.43. The van der Waals surface area contributed by atoms with Gasteiger partial charge in [0, 0.05) is 35.5 Å². The molecule has 0 fully saturated rings. The lowest BCUT2D eigenvalue weighted by atomic mass is 10.1. The molecule has 0 bridgehead atoms. The normalized spacial score (nSPS) is 10.2. The van der Waals surface area contributed by atoms with Crippen LogP contribution in [0.25, 0.3) is 0 Å². The molecule has 0 atom stereocenters. The largest absolute Gasteiger partial charge is 0.497 e. The highest BCUT2D eigenvalue weighted by Crippen LogP contribution is 2.17. The molecule has 3 aromatic rings. The predicted molar refractivity (Wildman–Crippen MR) is 124 cm³/mol. The van der Waals surface area contributed by atoms with Crippen molar-refractivity contribution < 1.29 is 19.1 Å². The molecule has 0 spiro atoms. The van der Waals surface area contributed by atoms with Crippen LogP contribution in [0.3, 0.4) is 0 Å². The Labute approximate surface area is 186 Å². The Morgan fingerprint density at radius 2 is 1.44 bits per heavy atom. The molecule has 3 N–H and O–H groups in total. The quantitative estimate of drug-likeness (QED) is 0.502. The molecule has 0 saturated heterocycles. The molecule has 32 heavy (non-hydrogen) atoms. The number of anilines is 2. The summed E-state index contributed by atoms with van der Waals surface area (Å²) in [6.07, 6.45) is 0.136. The van der Waals surface area contributed by atoms with E-state index < -0.39 is 0 Å². The van der Waals surface area contributed by atoms with Crippen molar-refractivity contribution in [2.24, 2.45) is 0 Å². The molecule has 0 heterocycles. The van der Waals surface area contributed by atoms with Crippen molar-refractivity contribution in [3.8, 4) is 5.75 Å². The summed E-state index contributed by atoms with van der Waals surface area (Å²) in [5.41, 5.74) is 3.25. The fourth-order valence-electron chi connectivity index (χ4n) is 2.98. The molecule has 0 aliphatic carbocycles. The van der Waals surface area contributed by atoms with Crippen LogP contribution in [0.5, 0.6) is 5.75 Å². The Balaban J connectivity index is 1.45. The first-order valence-electron chi connectivity index (χ1n) is 10.1. The van der Waals surface area contributed by atoms with Crippen LogP contribution in [0.1, 0.15) is 32.7 Å². The predicted octanol–water partition coefficient (Wildman–Crippen LogP) is 4.01. The monoisotopic (exact) mass is 431 g/mol. The third-order valence-electron chi connectivity index (χ3n) is 4.70. The lowest BCUT2D eigenvalue weighted by molar-refractivity contribution is -0.116. The van der Waals surface area contributed by atoms with Gasteiger partial charge in [0.05, 0.1) is 7.11 Å². The molecule has 3 amide bonds. The maximum absolute atomic E-state index is 12.4. The summed E-state index contributed by atoms with van der Waals surface area (Å²) in [4.78, 5) is 36.6. The number of carbonyl (C=O) groups is 3. The van der Waals surface area contributed by atoms with Crippen molar-refractivity contribution in [3.63, 3.8) is 0 Å². The van der Waals surface area contributed by atoms with Gasteiger partial charge in [0.2, 0.25) is 5.91 Å². The minimum atomic E-state index is -0.257. The number of methoxy groups -OCH3 is 1. The van der Waals surface area contributed by atoms with Crippen LogP contribution >= 0.6 is 0 Å². The van der Waals surface area contributed by atoms with Crippen LogP contribution < -0.4 is 20.7 Å². The molecule has 7 heteroatoms. The molecular weight excluding hydrogens is 406 g/mol. The van der Waals surface area contributed by atoms with E-state index in [4.69, 9.17) is 4.74 Å². The molecule has 0 saturated carbocycles. The van der Waals surface area contributed by atoms with Crippen molar-refractivity contribution in [3.05, 3.63) is 89.5 Å². The van der Waals surface area contributed by atoms with Crippen molar-refractivity contribution in [2.45, 2.75) is 13.3 Å². The van der Waals surface area contributed by atoms with E-state index in [0.717, 1.165) is 5.56 Å². The Morgan fingerprint density at radius 1 is 0.781 bits per heavy atom. The number of benzene rings is 3. The van der Waals surface area contributed by atoms with Gasteiger partial charge in [-0.15, -0.1) is 0 Å². The molecule has 0 aromatic heterocycles. The zero-order valence-corrected chi connectivity index (χ0v) is 18.0. The van der Waals surface area contributed by atoms with Crippen molar-refractivity contribution in [2.75, 3.05) is 24.3 Å². The van der Waals surface area contributed by atoms with Gasteiger partial charge in [-0.3, -0.25) is 14.4 Å². The smallest absolute Gasteiger partial charge is 0.255 e. The summed E-state index contributed by atoms with van der Waals surface area (Å²) in [7, 11) is 1.58. The second kappa shape index (κ2) is 10.8. The van der Waals surface area contributed by atoms with Gasteiger partial charge in [0.1, 0.15) is 5.75 Å². The Kier molecular flexibility index (Phi) is 7.59. The van der Waals surface area contributed by atoms with Crippen LogP contribution in [0.4, 0.5) is 11.4 Å². The van der Waals surface area contributed by atoms with Gasteiger partial charge >= 0.3 is 0 Å². The minimum absolute atomic E-state index is 0.136. The van der Waals surface area contributed by atoms with Gasteiger partial charge in [0.25, 0.3) is 11.8 Å². The van der Waals surface area contributed by atoms with E-state index in [1.165, 1.54) is 0 Å². The molecule has 0 aliphatic rings. The molecule has 0 radical (unpaired) electrons. The number of hydrogen-bond acceptors (Lipinski definition) is 4. The lowest BCUT2D eigenvalue weighted by Crippen LogP contribution is -2.27. The number of rotatable bonds is 8. The topological polar surface area (TPSA) is 96.5 Å². The number of carbonyl (C=O) groups excluding carboxylic acids is 3. The highest BCUT2D eigenvalue weighted by atomic mass is 16.5. The standard InChI is InChI=1S/C25H25N3O4/c1-17-4-3-5-19(16-17)24(30)26-15-14-23(29)27-20-8-6-18(7-9-20)25(31)28-21-10-12-22(32-2)13-11-21/h3-13,16H,14-15H2,1-2H3,(H,26,30)(H,27,29)(H,28,31). The van der Waals surface area contributed by atoms with Crippen LogP contribution in [0, 0.1) is 6.92 Å². The zero-order valence-electron chi connectivity index (χ0n) is 18.0. The molecule has 3 rings (SSSR count). The third-order valence-corrected chi connectivity index (χ3v) is 4.70. The first kappa shape index (κ1) is 22.6. The van der Waals surface area contributed by atoms with Gasteiger partial charge in [-0.1, -0.05) is 17.7 Å². The minimum Gasteiger partial charge on any atom is -0.497 e. The van der Waals surface area contributed by atoms with E-state index >= 15 is 0 Å². The summed E-state index contributed by atoms with van der Waals surface area (Å²) in [6.45, 7) is 2.14. The lowest BCUT2D eigenvalue weighted by Gasteiger charge is -2.09. The van der Waals surface area contributed by atoms with Crippen LogP contribution in [0.15, 0.2) is 72.8 Å². The molecular formula is C25H25N3O4. The van der Waals surface area contributed by atoms with Gasteiger partial charge in [-0.05, 0) is 67.6 Å².